The maximum atomic E-state index is 11.8. The van der Waals surface area contributed by atoms with Crippen LogP contribution in [0, 0.1) is 0 Å². The Balaban J connectivity index is 2.63. The van der Waals surface area contributed by atoms with Gasteiger partial charge in [-0.15, -0.1) is 0 Å². The minimum absolute atomic E-state index is 0.281. The molecule has 0 unspecified atom stereocenters. The van der Waals surface area contributed by atoms with Crippen LogP contribution in [0.1, 0.15) is 13.3 Å². The Morgan fingerprint density at radius 2 is 1.89 bits per heavy atom. The highest BCUT2D eigenvalue weighted by molar-refractivity contribution is 7.89. The predicted molar refractivity (Wildman–Crippen MR) is 78.6 cm³/mol. The van der Waals surface area contributed by atoms with Crippen molar-refractivity contribution in [3.63, 3.8) is 0 Å². The summed E-state index contributed by atoms with van der Waals surface area (Å²) in [4.78, 5) is 0.281. The number of anilines is 1. The average molecular weight is 283 g/mol. The second kappa shape index (κ2) is 7.93. The van der Waals surface area contributed by atoms with Crippen LogP contribution in [0.15, 0.2) is 41.3 Å². The summed E-state index contributed by atoms with van der Waals surface area (Å²) >= 11 is 0. The minimum atomic E-state index is -3.38. The van der Waals surface area contributed by atoms with E-state index in [1.165, 1.54) is 0 Å². The molecule has 1 rings (SSSR count). The summed E-state index contributed by atoms with van der Waals surface area (Å²) in [6.45, 7) is 3.55. The first-order valence-electron chi connectivity index (χ1n) is 6.29. The van der Waals surface area contributed by atoms with Gasteiger partial charge >= 0.3 is 0 Å². The molecule has 0 aliphatic carbocycles. The summed E-state index contributed by atoms with van der Waals surface area (Å²) in [7, 11) is -3.38. The predicted octanol–water partition coefficient (Wildman–Crippen LogP) is 1.30. The third kappa shape index (κ3) is 5.42. The fraction of sp³-hybridized carbons (Fsp3) is 0.385. The highest BCUT2D eigenvalue weighted by atomic mass is 32.2. The van der Waals surface area contributed by atoms with Crippen molar-refractivity contribution in [1.29, 1.82) is 0 Å². The van der Waals surface area contributed by atoms with E-state index in [4.69, 9.17) is 5.73 Å². The summed E-state index contributed by atoms with van der Waals surface area (Å²) in [5, 5.41) is 3.14. The van der Waals surface area contributed by atoms with Crippen molar-refractivity contribution >= 4 is 15.7 Å². The molecule has 0 saturated heterocycles. The van der Waals surface area contributed by atoms with Gasteiger partial charge in [0.05, 0.1) is 4.90 Å². The third-order valence-corrected chi connectivity index (χ3v) is 3.91. The summed E-state index contributed by atoms with van der Waals surface area (Å²) in [6.07, 6.45) is 4.56. The quantitative estimate of drug-likeness (QED) is 0.628. The summed E-state index contributed by atoms with van der Waals surface area (Å²) in [5.41, 5.74) is 6.20. The van der Waals surface area contributed by atoms with Gasteiger partial charge < -0.3 is 11.1 Å². The molecule has 4 N–H and O–H groups in total. The second-order valence-corrected chi connectivity index (χ2v) is 5.78. The van der Waals surface area contributed by atoms with Crippen molar-refractivity contribution < 1.29 is 8.42 Å². The molecule has 0 heterocycles. The molecule has 0 radical (unpaired) electrons. The van der Waals surface area contributed by atoms with E-state index in [1.807, 2.05) is 19.1 Å². The molecular formula is C13H21N3O2S. The van der Waals surface area contributed by atoms with Gasteiger partial charge in [-0.3, -0.25) is 0 Å². The Hall–Kier alpha value is -1.37. The van der Waals surface area contributed by atoms with Gasteiger partial charge in [-0.05, 0) is 30.7 Å². The van der Waals surface area contributed by atoms with Gasteiger partial charge in [-0.1, -0.05) is 19.1 Å². The van der Waals surface area contributed by atoms with Crippen molar-refractivity contribution in [2.45, 2.75) is 18.2 Å². The lowest BCUT2D eigenvalue weighted by Crippen LogP contribution is -2.24. The summed E-state index contributed by atoms with van der Waals surface area (Å²) in [6, 6.07) is 6.67. The molecule has 6 heteroatoms. The third-order valence-electron chi connectivity index (χ3n) is 2.43. The Kier molecular flexibility index (Phi) is 6.55. The largest absolute Gasteiger partial charge is 0.382 e. The first kappa shape index (κ1) is 15.7. The molecule has 0 aliphatic rings. The number of sulfonamides is 1. The maximum absolute atomic E-state index is 11.8. The molecule has 0 amide bonds. The minimum Gasteiger partial charge on any atom is -0.382 e. The summed E-state index contributed by atoms with van der Waals surface area (Å²) in [5.74, 6) is 0. The molecule has 1 aromatic carbocycles. The van der Waals surface area contributed by atoms with Crippen molar-refractivity contribution in [1.82, 2.24) is 4.72 Å². The molecule has 0 aliphatic heterocycles. The van der Waals surface area contributed by atoms with E-state index in [0.717, 1.165) is 12.1 Å². The fourth-order valence-corrected chi connectivity index (χ4v) is 2.56. The average Bonchev–Trinajstić information content (AvgIpc) is 2.42. The zero-order valence-corrected chi connectivity index (χ0v) is 11.9. The molecular weight excluding hydrogens is 262 g/mol. The number of hydrogen-bond acceptors (Lipinski definition) is 4. The maximum Gasteiger partial charge on any atom is 0.240 e. The monoisotopic (exact) mass is 283 g/mol. The van der Waals surface area contributed by atoms with Crippen LogP contribution in [0.5, 0.6) is 0 Å². The Morgan fingerprint density at radius 3 is 2.47 bits per heavy atom. The van der Waals surface area contributed by atoms with E-state index in [1.54, 1.807) is 24.3 Å². The van der Waals surface area contributed by atoms with E-state index in [2.05, 4.69) is 10.0 Å². The van der Waals surface area contributed by atoms with Gasteiger partial charge in [-0.25, -0.2) is 13.1 Å². The standard InChI is InChI=1S/C13H21N3O2S/c1-2-10-16-19(17,18)13-7-5-12(6-8-13)15-11-4-3-9-14/h3-8,15-16H,2,9-11,14H2,1H3/b4-3+. The lowest BCUT2D eigenvalue weighted by atomic mass is 10.3. The van der Waals surface area contributed by atoms with Gasteiger partial charge in [0.1, 0.15) is 0 Å². The molecule has 106 valence electrons. The number of rotatable bonds is 8. The zero-order valence-electron chi connectivity index (χ0n) is 11.1. The normalized spacial score (nSPS) is 11.9. The fourth-order valence-electron chi connectivity index (χ4n) is 1.43. The highest BCUT2D eigenvalue weighted by Crippen LogP contribution is 2.13. The molecule has 19 heavy (non-hydrogen) atoms. The lowest BCUT2D eigenvalue weighted by molar-refractivity contribution is 0.581. The van der Waals surface area contributed by atoms with Crippen LogP contribution in [0.3, 0.4) is 0 Å². The van der Waals surface area contributed by atoms with Crippen molar-refractivity contribution in [3.05, 3.63) is 36.4 Å². The van der Waals surface area contributed by atoms with Crippen LogP contribution < -0.4 is 15.8 Å². The SMILES string of the molecule is CCCNS(=O)(=O)c1ccc(NC/C=C/CN)cc1. The van der Waals surface area contributed by atoms with Crippen LogP contribution >= 0.6 is 0 Å². The van der Waals surface area contributed by atoms with Crippen LogP contribution in [0.4, 0.5) is 5.69 Å². The molecule has 0 aromatic heterocycles. The van der Waals surface area contributed by atoms with Gasteiger partial charge in [0.25, 0.3) is 0 Å². The number of hydrogen-bond donors (Lipinski definition) is 3. The highest BCUT2D eigenvalue weighted by Gasteiger charge is 2.12. The van der Waals surface area contributed by atoms with Crippen LogP contribution in [-0.2, 0) is 10.0 Å². The lowest BCUT2D eigenvalue weighted by Gasteiger charge is -2.07. The van der Waals surface area contributed by atoms with Gasteiger partial charge in [0.15, 0.2) is 0 Å². The first-order chi connectivity index (χ1) is 9.10. The van der Waals surface area contributed by atoms with Gasteiger partial charge in [0.2, 0.25) is 10.0 Å². The molecule has 0 atom stereocenters. The summed E-state index contributed by atoms with van der Waals surface area (Å²) < 4.78 is 26.2. The molecule has 0 spiro atoms. The van der Waals surface area contributed by atoms with Crippen LogP contribution in [-0.4, -0.2) is 28.1 Å². The molecule has 0 saturated carbocycles. The van der Waals surface area contributed by atoms with E-state index in [-0.39, 0.29) is 4.90 Å². The van der Waals surface area contributed by atoms with E-state index >= 15 is 0 Å². The first-order valence-corrected chi connectivity index (χ1v) is 7.77. The van der Waals surface area contributed by atoms with Crippen molar-refractivity contribution in [3.8, 4) is 0 Å². The molecule has 1 aromatic rings. The molecule has 0 fully saturated rings. The molecule has 5 nitrogen and oxygen atoms in total. The number of nitrogens with two attached hydrogens (primary N) is 1. The van der Waals surface area contributed by atoms with Crippen LogP contribution in [0.2, 0.25) is 0 Å². The second-order valence-electron chi connectivity index (χ2n) is 4.01. The van der Waals surface area contributed by atoms with Crippen molar-refractivity contribution in [2.75, 3.05) is 25.0 Å². The van der Waals surface area contributed by atoms with E-state index < -0.39 is 10.0 Å². The molecule has 0 bridgehead atoms. The van der Waals surface area contributed by atoms with Gasteiger partial charge in [0, 0.05) is 25.3 Å². The Morgan fingerprint density at radius 1 is 1.21 bits per heavy atom. The zero-order chi connectivity index (χ0) is 14.1. The van der Waals surface area contributed by atoms with E-state index in [9.17, 15) is 8.42 Å². The number of nitrogens with one attached hydrogen (secondary N) is 2. The van der Waals surface area contributed by atoms with Gasteiger partial charge in [-0.2, -0.15) is 0 Å². The Bertz CT molecular complexity index is 495. The Labute approximate surface area is 114 Å². The van der Waals surface area contributed by atoms with E-state index in [0.29, 0.717) is 19.6 Å². The van der Waals surface area contributed by atoms with Crippen molar-refractivity contribution in [2.24, 2.45) is 5.73 Å². The topological polar surface area (TPSA) is 84.2 Å². The van der Waals surface area contributed by atoms with Crippen LogP contribution in [0.25, 0.3) is 0 Å². The smallest absolute Gasteiger partial charge is 0.240 e. The number of benzene rings is 1.